The summed E-state index contributed by atoms with van der Waals surface area (Å²) in [7, 11) is 4.82. The Morgan fingerprint density at radius 2 is 0.640 bits per heavy atom. The van der Waals surface area contributed by atoms with Gasteiger partial charge in [-0.2, -0.15) is 0 Å². The topological polar surface area (TPSA) is 368 Å². The number of carbonyl (C=O) groups is 12. The molecule has 0 aliphatic heterocycles. The normalized spacial score (nSPS) is 11.3. The molecule has 4 N–H and O–H groups in total. The van der Waals surface area contributed by atoms with Gasteiger partial charge in [0.1, 0.15) is 54.3 Å². The minimum absolute atomic E-state index is 0.00964. The molecule has 0 saturated heterocycles. The fraction of sp³-hybridized carbons (Fsp3) is 0.243. The fourth-order valence-electron chi connectivity index (χ4n) is 8.52. The van der Waals surface area contributed by atoms with Crippen LogP contribution in [0.1, 0.15) is 124 Å². The van der Waals surface area contributed by atoms with Crippen LogP contribution in [0.4, 0.5) is 11.4 Å². The lowest BCUT2D eigenvalue weighted by atomic mass is 9.92. The van der Waals surface area contributed by atoms with E-state index in [0.717, 1.165) is 30.4 Å². The Kier molecular flexibility index (Phi) is 28.9. The first kappa shape index (κ1) is 76.5. The number of esters is 12. The Bertz CT molecular complexity index is 3880. The van der Waals surface area contributed by atoms with E-state index in [-0.39, 0.29) is 41.0 Å². The third-order valence-corrected chi connectivity index (χ3v) is 14.4. The lowest BCUT2D eigenvalue weighted by Gasteiger charge is -2.27. The van der Waals surface area contributed by atoms with Gasteiger partial charge in [0.25, 0.3) is 0 Å². The second-order valence-electron chi connectivity index (χ2n) is 22.4. The van der Waals surface area contributed by atoms with Crippen LogP contribution in [-0.4, -0.2) is 140 Å². The van der Waals surface area contributed by atoms with E-state index >= 15 is 0 Å². The maximum atomic E-state index is 14.9. The SMILES string of the molecule is COC(=O)/C=C/c1ccc(C(=O)OCC(C)(COC(=O)c2ccc(/C=C/C(=O)OC)cc2)C(=O)Oc2ccc(C(=O)OCCCCCCOC(=O)c3cc(N)cc(N)c3)c(OC(=O)C(C)(COC(=O)c3ccc(/C=C/C(=O)OC)cc3)COC(=O)c3ccc(/C=C/C(=O)OC)cc3)c2)cc1. The van der Waals surface area contributed by atoms with Gasteiger partial charge in [-0.15, -0.1) is 0 Å². The number of carbonyl (C=O) groups excluding carboxylic acids is 12. The van der Waals surface area contributed by atoms with Gasteiger partial charge in [-0.25, -0.2) is 47.9 Å². The number of unbranched alkanes of at least 4 members (excludes halogenated alkanes) is 3. The molecule has 0 aliphatic rings. The number of rotatable bonds is 33. The molecule has 0 radical (unpaired) electrons. The van der Waals surface area contributed by atoms with Gasteiger partial charge in [0.05, 0.1) is 69.5 Å². The standard InChI is InChI=1S/C74H72N2O24/c1-73(43-95-65(81)51-23-11-47(12-24-51)19-33-61(77)89-3,44-96-66(82)52-25-13-48(14-26-52)20-34-62(78)90-4)71(87)99-58-31-32-59(70(86)94-38-10-8-7-9-37-93-69(85)55-39-56(75)41-57(76)40-55)60(42-58)100-72(88)74(2,45-97-67(83)53-27-15-49(16-28-53)21-35-63(79)91-5)46-98-68(84)54-29-17-50(18-30-54)22-36-64(80)92-6/h11-36,39-42H,7-10,37-38,43-46,75-76H2,1-6H3/b33-19+,34-20+,35-21+,36-22+. The van der Waals surface area contributed by atoms with Gasteiger partial charge >= 0.3 is 71.6 Å². The largest absolute Gasteiger partial charge is 0.466 e. The summed E-state index contributed by atoms with van der Waals surface area (Å²) in [6.07, 6.45) is 12.2. The first-order valence-corrected chi connectivity index (χ1v) is 30.6. The quantitative estimate of drug-likeness (QED) is 0.00966. The van der Waals surface area contributed by atoms with E-state index in [2.05, 4.69) is 18.9 Å². The number of anilines is 2. The average Bonchev–Trinajstić information content (AvgIpc) is 0.808. The van der Waals surface area contributed by atoms with E-state index in [1.807, 2.05) is 0 Å². The van der Waals surface area contributed by atoms with E-state index in [4.69, 9.17) is 49.4 Å². The molecule has 522 valence electrons. The molecule has 26 nitrogen and oxygen atoms in total. The van der Waals surface area contributed by atoms with Gasteiger partial charge in [0, 0.05) is 41.7 Å². The molecule has 0 unspecified atom stereocenters. The summed E-state index contributed by atoms with van der Waals surface area (Å²) in [6, 6.07) is 30.7. The molecular formula is C74H72N2O24. The third-order valence-electron chi connectivity index (χ3n) is 14.4. The smallest absolute Gasteiger partial charge is 0.341 e. The van der Waals surface area contributed by atoms with Crippen LogP contribution in [0.5, 0.6) is 11.5 Å². The molecule has 6 aromatic carbocycles. The highest BCUT2D eigenvalue weighted by atomic mass is 16.6. The summed E-state index contributed by atoms with van der Waals surface area (Å²) in [5.74, 6) is -11.4. The van der Waals surface area contributed by atoms with Gasteiger partial charge < -0.3 is 68.3 Å². The molecule has 0 saturated carbocycles. The Hall–Kier alpha value is -12.5. The zero-order valence-corrected chi connectivity index (χ0v) is 55.3. The van der Waals surface area contributed by atoms with Gasteiger partial charge in [-0.3, -0.25) is 9.59 Å². The number of ether oxygens (including phenoxy) is 12. The molecule has 6 rings (SSSR count). The minimum Gasteiger partial charge on any atom is -0.466 e. The number of benzene rings is 6. The fourth-order valence-corrected chi connectivity index (χ4v) is 8.52. The van der Waals surface area contributed by atoms with Crippen molar-refractivity contribution in [2.75, 3.05) is 79.5 Å². The lowest BCUT2D eigenvalue weighted by Crippen LogP contribution is -2.42. The number of hydrogen-bond acceptors (Lipinski definition) is 26. The lowest BCUT2D eigenvalue weighted by molar-refractivity contribution is -0.150. The van der Waals surface area contributed by atoms with Gasteiger partial charge in [-0.05, 0) is 165 Å². The molecule has 0 aromatic heterocycles. The minimum atomic E-state index is -2.13. The van der Waals surface area contributed by atoms with Crippen molar-refractivity contribution in [1.82, 2.24) is 0 Å². The summed E-state index contributed by atoms with van der Waals surface area (Å²) in [5, 5.41) is 0. The molecule has 0 spiro atoms. The van der Waals surface area contributed by atoms with E-state index in [9.17, 15) is 57.5 Å². The molecular weight excluding hydrogens is 1300 g/mol. The van der Waals surface area contributed by atoms with Crippen LogP contribution in [0.2, 0.25) is 0 Å². The average molecular weight is 1370 g/mol. The summed E-state index contributed by atoms with van der Waals surface area (Å²) in [5.41, 5.74) is 9.84. The van der Waals surface area contributed by atoms with Crippen molar-refractivity contribution >= 4 is 107 Å². The molecule has 0 bridgehead atoms. The Balaban J connectivity index is 1.30. The van der Waals surface area contributed by atoms with Gasteiger partial charge in [0.2, 0.25) is 0 Å². The maximum absolute atomic E-state index is 14.9. The van der Waals surface area contributed by atoms with Crippen LogP contribution in [0, 0.1) is 10.8 Å². The van der Waals surface area contributed by atoms with Crippen LogP contribution in [0.3, 0.4) is 0 Å². The van der Waals surface area contributed by atoms with Crippen molar-refractivity contribution in [2.24, 2.45) is 10.8 Å². The predicted octanol–water partition coefficient (Wildman–Crippen LogP) is 9.42. The first-order chi connectivity index (χ1) is 47.8. The number of nitrogens with two attached hydrogens (primary N) is 2. The summed E-state index contributed by atoms with van der Waals surface area (Å²) >= 11 is 0. The Morgan fingerprint density at radius 1 is 0.340 bits per heavy atom. The monoisotopic (exact) mass is 1370 g/mol. The second-order valence-corrected chi connectivity index (χ2v) is 22.4. The Morgan fingerprint density at radius 3 is 0.960 bits per heavy atom. The molecule has 6 aromatic rings. The van der Waals surface area contributed by atoms with Crippen LogP contribution < -0.4 is 20.9 Å². The molecule has 0 atom stereocenters. The molecule has 26 heteroatoms. The highest BCUT2D eigenvalue weighted by molar-refractivity contribution is 5.97. The van der Waals surface area contributed by atoms with Crippen LogP contribution in [-0.2, 0) is 76.1 Å². The van der Waals surface area contributed by atoms with E-state index in [0.29, 0.717) is 59.3 Å². The zero-order chi connectivity index (χ0) is 72.8. The van der Waals surface area contributed by atoms with E-state index in [1.54, 1.807) is 0 Å². The van der Waals surface area contributed by atoms with Gasteiger partial charge in [-0.1, -0.05) is 48.5 Å². The van der Waals surface area contributed by atoms with Crippen LogP contribution in [0.15, 0.2) is 158 Å². The van der Waals surface area contributed by atoms with Crippen LogP contribution in [0.25, 0.3) is 24.3 Å². The summed E-state index contributed by atoms with van der Waals surface area (Å²) in [6.45, 7) is -0.898. The summed E-state index contributed by atoms with van der Waals surface area (Å²) < 4.78 is 64.0. The van der Waals surface area contributed by atoms with Crippen LogP contribution >= 0.6 is 0 Å². The van der Waals surface area contributed by atoms with Crippen molar-refractivity contribution in [3.63, 3.8) is 0 Å². The highest BCUT2D eigenvalue weighted by Gasteiger charge is 2.42. The molecule has 0 amide bonds. The van der Waals surface area contributed by atoms with Crippen molar-refractivity contribution in [2.45, 2.75) is 39.5 Å². The third kappa shape index (κ3) is 24.0. The zero-order valence-electron chi connectivity index (χ0n) is 55.3. The number of nitrogen functional groups attached to an aromatic ring is 2. The highest BCUT2D eigenvalue weighted by Crippen LogP contribution is 2.33. The maximum Gasteiger partial charge on any atom is 0.341 e. The predicted molar refractivity (Wildman–Crippen MR) is 359 cm³/mol. The van der Waals surface area contributed by atoms with E-state index in [1.165, 1.54) is 194 Å². The van der Waals surface area contributed by atoms with Crippen molar-refractivity contribution < 1.29 is 114 Å². The summed E-state index contributed by atoms with van der Waals surface area (Å²) in [4.78, 5) is 158. The van der Waals surface area contributed by atoms with Crippen molar-refractivity contribution in [3.8, 4) is 11.5 Å². The number of hydrogen-bond donors (Lipinski definition) is 2. The molecule has 0 fully saturated rings. The van der Waals surface area contributed by atoms with Gasteiger partial charge in [0.15, 0.2) is 0 Å². The second kappa shape index (κ2) is 37.7. The molecule has 0 heterocycles. The molecule has 100 heavy (non-hydrogen) atoms. The Labute approximate surface area is 574 Å². The van der Waals surface area contributed by atoms with Crippen molar-refractivity contribution in [3.05, 3.63) is 213 Å². The van der Waals surface area contributed by atoms with E-state index < -0.39 is 126 Å². The molecule has 0 aliphatic carbocycles. The first-order valence-electron chi connectivity index (χ1n) is 30.6. The van der Waals surface area contributed by atoms with Crippen molar-refractivity contribution in [1.29, 1.82) is 0 Å². The number of methoxy groups -OCH3 is 4.